The van der Waals surface area contributed by atoms with Crippen LogP contribution >= 0.6 is 0 Å². The maximum Gasteiger partial charge on any atom is 0.115 e. The molecule has 2 aliphatic rings. The van der Waals surface area contributed by atoms with Gasteiger partial charge >= 0.3 is 0 Å². The van der Waals surface area contributed by atoms with Gasteiger partial charge in [-0.3, -0.25) is 0 Å². The average Bonchev–Trinajstić information content (AvgIpc) is 2.53. The van der Waals surface area contributed by atoms with E-state index in [1.165, 1.54) is 43.5 Å². The predicted molar refractivity (Wildman–Crippen MR) is 91.5 cm³/mol. The highest BCUT2D eigenvalue weighted by molar-refractivity contribution is 5.43. The topological polar surface area (TPSA) is 48.5 Å². The van der Waals surface area contributed by atoms with Crippen molar-refractivity contribution >= 4 is 0 Å². The van der Waals surface area contributed by atoms with Crippen molar-refractivity contribution < 1.29 is 22.4 Å². The molecule has 1 aliphatic carbocycles. The molecule has 24 heavy (non-hydrogen) atoms. The molecule has 0 spiro atoms. The smallest absolute Gasteiger partial charge is 0.115 e. The highest BCUT2D eigenvalue weighted by atomic mass is 35.5. The molecule has 0 aromatic heterocycles. The van der Waals surface area contributed by atoms with Crippen LogP contribution in [0, 0.1) is 17.2 Å². The van der Waals surface area contributed by atoms with Crippen LogP contribution in [0.1, 0.15) is 57.1 Å². The molecule has 4 heteroatoms. The van der Waals surface area contributed by atoms with Gasteiger partial charge in [0.25, 0.3) is 0 Å². The summed E-state index contributed by atoms with van der Waals surface area (Å²) in [5.74, 6) is 1.06. The average molecular weight is 349 g/mol. The van der Waals surface area contributed by atoms with Gasteiger partial charge in [0.15, 0.2) is 0 Å². The maximum atomic E-state index is 9.90. The highest BCUT2D eigenvalue weighted by Crippen LogP contribution is 2.45. The predicted octanol–water partition coefficient (Wildman–Crippen LogP) is -0.413. The summed E-state index contributed by atoms with van der Waals surface area (Å²) in [7, 11) is 0. The second-order valence-corrected chi connectivity index (χ2v) is 7.74. The van der Waals surface area contributed by atoms with Crippen LogP contribution in [0.15, 0.2) is 18.2 Å². The number of phenolic OH excluding ortho intramolecular Hbond substituents is 1. The number of phenols is 1. The first-order chi connectivity index (χ1) is 11.1. The number of hydrogen-bond acceptors (Lipinski definition) is 2. The quantitative estimate of drug-likeness (QED) is 0.711. The van der Waals surface area contributed by atoms with Crippen molar-refractivity contribution in [1.82, 2.24) is 0 Å². The first kappa shape index (κ1) is 19.1. The Morgan fingerprint density at radius 3 is 2.88 bits per heavy atom. The molecule has 0 radical (unpaired) electrons. The Kier molecular flexibility index (Phi) is 6.17. The molecule has 132 valence electrons. The first-order valence-corrected chi connectivity index (χ1v) is 9.10. The SMILES string of the molecule is C[C@H]1[C@H]2Cc3ccc(O)cc3[C@]1(C)CC[NH+]2CCCCCC#N.[Cl-]. The molecule has 2 bridgehead atoms. The van der Waals surface area contributed by atoms with E-state index in [0.29, 0.717) is 24.1 Å². The molecule has 1 aliphatic heterocycles. The lowest BCUT2D eigenvalue weighted by molar-refractivity contribution is -0.937. The molecule has 0 saturated carbocycles. The monoisotopic (exact) mass is 348 g/mol. The molecule has 1 aromatic carbocycles. The van der Waals surface area contributed by atoms with Gasteiger partial charge in [0, 0.05) is 30.6 Å². The van der Waals surface area contributed by atoms with Gasteiger partial charge in [0.05, 0.1) is 25.2 Å². The summed E-state index contributed by atoms with van der Waals surface area (Å²) in [4.78, 5) is 1.76. The molecule has 1 unspecified atom stereocenters. The van der Waals surface area contributed by atoms with Gasteiger partial charge in [0.2, 0.25) is 0 Å². The van der Waals surface area contributed by atoms with E-state index in [-0.39, 0.29) is 17.8 Å². The van der Waals surface area contributed by atoms with Crippen LogP contribution in [0.4, 0.5) is 0 Å². The maximum absolute atomic E-state index is 9.90. The third-order valence-corrected chi connectivity index (χ3v) is 6.53. The lowest BCUT2D eigenvalue weighted by Gasteiger charge is -2.52. The van der Waals surface area contributed by atoms with Crippen molar-refractivity contribution in [3.8, 4) is 11.8 Å². The van der Waals surface area contributed by atoms with E-state index in [9.17, 15) is 5.11 Å². The Morgan fingerprint density at radius 1 is 1.33 bits per heavy atom. The number of nitrogens with one attached hydrogen (secondary N) is 1. The molecule has 3 rings (SSSR count). The van der Waals surface area contributed by atoms with Crippen molar-refractivity contribution in [3.63, 3.8) is 0 Å². The van der Waals surface area contributed by atoms with Gasteiger partial charge in [-0.05, 0) is 42.5 Å². The van der Waals surface area contributed by atoms with Crippen LogP contribution in [0.3, 0.4) is 0 Å². The fourth-order valence-corrected chi connectivity index (χ4v) is 4.89. The lowest BCUT2D eigenvalue weighted by atomic mass is 9.59. The summed E-state index contributed by atoms with van der Waals surface area (Å²) in [5, 5.41) is 18.5. The molecular weight excluding hydrogens is 320 g/mol. The minimum Gasteiger partial charge on any atom is -1.00 e. The Hall–Kier alpha value is -1.24. The van der Waals surface area contributed by atoms with Gasteiger partial charge in [-0.15, -0.1) is 0 Å². The van der Waals surface area contributed by atoms with Crippen molar-refractivity contribution in [1.29, 1.82) is 5.26 Å². The van der Waals surface area contributed by atoms with Crippen LogP contribution in [0.5, 0.6) is 5.75 Å². The number of piperidine rings is 1. The summed E-state index contributed by atoms with van der Waals surface area (Å²) < 4.78 is 0. The lowest BCUT2D eigenvalue weighted by Crippen LogP contribution is -3.18. The van der Waals surface area contributed by atoms with Crippen molar-refractivity contribution in [2.45, 2.75) is 63.8 Å². The standard InChI is InChI=1S/C20H28N2O.ClH/c1-15-19-13-16-7-8-17(23)14-18(16)20(15,2)9-12-22(19)11-6-4-3-5-10-21;/h7-8,14-15,19,23H,3-6,9,11-13H2,1-2H3;1H/t15-,19+,20+;/m0./s1. The Labute approximate surface area is 152 Å². The van der Waals surface area contributed by atoms with Gasteiger partial charge in [-0.1, -0.05) is 19.9 Å². The number of fused-ring (bicyclic) bond motifs is 4. The normalized spacial score (nSPS) is 30.8. The molecule has 1 fully saturated rings. The Balaban J connectivity index is 0.00000208. The van der Waals surface area contributed by atoms with Crippen LogP contribution in [0.2, 0.25) is 0 Å². The summed E-state index contributed by atoms with van der Waals surface area (Å²) in [6.45, 7) is 7.28. The summed E-state index contributed by atoms with van der Waals surface area (Å²) in [5.41, 5.74) is 3.03. The molecular formula is C20H29ClN2O. The largest absolute Gasteiger partial charge is 1.00 e. The number of likely N-dealkylation sites (tertiary alicyclic amines) is 1. The van der Waals surface area contributed by atoms with E-state index in [1.54, 1.807) is 4.90 Å². The second-order valence-electron chi connectivity index (χ2n) is 7.74. The molecule has 2 N–H and O–H groups in total. The van der Waals surface area contributed by atoms with Crippen LogP contribution in [0.25, 0.3) is 0 Å². The number of unbranched alkanes of at least 4 members (excludes halogenated alkanes) is 3. The molecule has 1 aromatic rings. The van der Waals surface area contributed by atoms with Crippen LogP contribution in [-0.4, -0.2) is 24.2 Å². The number of hydrogen-bond donors (Lipinski definition) is 2. The molecule has 1 heterocycles. The van der Waals surface area contributed by atoms with E-state index in [4.69, 9.17) is 5.26 Å². The van der Waals surface area contributed by atoms with Gasteiger partial charge in [-0.25, -0.2) is 0 Å². The minimum absolute atomic E-state index is 0. The highest BCUT2D eigenvalue weighted by Gasteiger charge is 2.50. The zero-order chi connectivity index (χ0) is 16.4. The number of rotatable bonds is 5. The second kappa shape index (κ2) is 7.76. The summed E-state index contributed by atoms with van der Waals surface area (Å²) in [6, 6.07) is 8.93. The zero-order valence-electron chi connectivity index (χ0n) is 14.8. The number of nitrogens with zero attached hydrogens (tertiary/aromatic N) is 1. The fraction of sp³-hybridized carbons (Fsp3) is 0.650. The number of benzene rings is 1. The number of halogens is 1. The molecule has 1 saturated heterocycles. The van der Waals surface area contributed by atoms with E-state index in [1.807, 2.05) is 12.1 Å². The van der Waals surface area contributed by atoms with Crippen molar-refractivity contribution in [2.24, 2.45) is 5.92 Å². The molecule has 4 atom stereocenters. The van der Waals surface area contributed by atoms with Crippen molar-refractivity contribution in [3.05, 3.63) is 29.3 Å². The summed E-state index contributed by atoms with van der Waals surface area (Å²) >= 11 is 0. The van der Waals surface area contributed by atoms with E-state index in [2.05, 4.69) is 26.0 Å². The van der Waals surface area contributed by atoms with Crippen molar-refractivity contribution in [2.75, 3.05) is 13.1 Å². The molecule has 3 nitrogen and oxygen atoms in total. The first-order valence-electron chi connectivity index (χ1n) is 9.10. The van der Waals surface area contributed by atoms with Crippen LogP contribution < -0.4 is 17.3 Å². The van der Waals surface area contributed by atoms with E-state index < -0.39 is 0 Å². The minimum atomic E-state index is 0. The number of aromatic hydroxyl groups is 1. The molecule has 0 amide bonds. The van der Waals surface area contributed by atoms with E-state index in [0.717, 1.165) is 12.8 Å². The fourth-order valence-electron chi connectivity index (χ4n) is 4.89. The summed E-state index contributed by atoms with van der Waals surface area (Å²) in [6.07, 6.45) is 6.50. The van der Waals surface area contributed by atoms with Crippen LogP contribution in [-0.2, 0) is 11.8 Å². The Morgan fingerprint density at radius 2 is 2.12 bits per heavy atom. The Bertz CT molecular complexity index is 612. The third-order valence-electron chi connectivity index (χ3n) is 6.53. The number of nitriles is 1. The van der Waals surface area contributed by atoms with Gasteiger partial charge < -0.3 is 22.4 Å². The van der Waals surface area contributed by atoms with Gasteiger partial charge in [-0.2, -0.15) is 5.26 Å². The van der Waals surface area contributed by atoms with E-state index >= 15 is 0 Å². The number of quaternary nitrogens is 1. The van der Waals surface area contributed by atoms with Gasteiger partial charge in [0.1, 0.15) is 5.75 Å². The third kappa shape index (κ3) is 3.41. The zero-order valence-corrected chi connectivity index (χ0v) is 15.6.